The van der Waals surface area contributed by atoms with E-state index in [1.54, 1.807) is 0 Å². The van der Waals surface area contributed by atoms with Gasteiger partial charge in [0.15, 0.2) is 0 Å². The molecule has 0 fully saturated rings. The zero-order chi connectivity index (χ0) is 29.9. The number of aliphatic hydroxyl groups excluding tert-OH is 2. The van der Waals surface area contributed by atoms with Crippen LogP contribution >= 0.6 is 7.82 Å². The highest BCUT2D eigenvalue weighted by Gasteiger charge is 2.27. The van der Waals surface area contributed by atoms with E-state index in [0.717, 1.165) is 44.9 Å². The molecule has 0 saturated heterocycles. The Bertz CT molecular complexity index is 822. The Kier molecular flexibility index (Phi) is 24.5. The zero-order valence-corrected chi connectivity index (χ0v) is 24.9. The highest BCUT2D eigenvalue weighted by molar-refractivity contribution is 7.47. The fourth-order valence-corrected chi connectivity index (χ4v) is 3.91. The molecule has 230 valence electrons. The van der Waals surface area contributed by atoms with Crippen LogP contribution in [0.1, 0.15) is 84.5 Å². The van der Waals surface area contributed by atoms with Crippen LogP contribution in [0.2, 0.25) is 0 Å². The van der Waals surface area contributed by atoms with Crippen molar-refractivity contribution in [1.82, 2.24) is 0 Å². The summed E-state index contributed by atoms with van der Waals surface area (Å²) < 4.78 is 31.8. The summed E-state index contributed by atoms with van der Waals surface area (Å²) in [6, 6.07) is 0. The van der Waals surface area contributed by atoms with Crippen molar-refractivity contribution in [1.29, 1.82) is 0 Å². The summed E-state index contributed by atoms with van der Waals surface area (Å²) in [5, 5.41) is 18.8. The van der Waals surface area contributed by atoms with E-state index in [1.807, 2.05) is 25.2 Å². The van der Waals surface area contributed by atoms with Crippen molar-refractivity contribution in [3.05, 3.63) is 48.6 Å². The minimum Gasteiger partial charge on any atom is -0.457 e. The van der Waals surface area contributed by atoms with Gasteiger partial charge in [-0.1, -0.05) is 81.7 Å². The number of carbonyl (C=O) groups is 2. The summed E-state index contributed by atoms with van der Waals surface area (Å²) in [6.45, 7) is 1.78. The third-order valence-corrected chi connectivity index (χ3v) is 6.27. The molecule has 0 saturated carbocycles. The Morgan fingerprint density at radius 3 is 1.65 bits per heavy atom. The molecule has 0 aromatic carbocycles. The van der Waals surface area contributed by atoms with Gasteiger partial charge in [-0.2, -0.15) is 0 Å². The van der Waals surface area contributed by atoms with Gasteiger partial charge < -0.3 is 24.6 Å². The van der Waals surface area contributed by atoms with Crippen molar-refractivity contribution in [2.45, 2.75) is 96.7 Å². The van der Waals surface area contributed by atoms with Crippen molar-refractivity contribution in [2.24, 2.45) is 0 Å². The number of rotatable bonds is 25. The first-order chi connectivity index (χ1) is 19.3. The molecule has 0 aliphatic carbocycles. The van der Waals surface area contributed by atoms with Crippen LogP contribution in [0.25, 0.3) is 0 Å². The average Bonchev–Trinajstić information content (AvgIpc) is 2.93. The lowest BCUT2D eigenvalue weighted by molar-refractivity contribution is -0.153. The summed E-state index contributed by atoms with van der Waals surface area (Å²) in [5.74, 6) is -1.13. The number of unbranched alkanes of at least 4 members (excludes halogenated alkanes) is 3. The second-order valence-corrected chi connectivity index (χ2v) is 10.5. The molecule has 0 spiro atoms. The van der Waals surface area contributed by atoms with Gasteiger partial charge in [-0.05, 0) is 38.5 Å². The van der Waals surface area contributed by atoms with Crippen molar-refractivity contribution >= 4 is 19.8 Å². The lowest BCUT2D eigenvalue weighted by Gasteiger charge is -2.20. The Morgan fingerprint density at radius 1 is 0.700 bits per heavy atom. The maximum absolute atomic E-state index is 12.1. The summed E-state index contributed by atoms with van der Waals surface area (Å²) >= 11 is 0. The van der Waals surface area contributed by atoms with Gasteiger partial charge in [0, 0.05) is 12.8 Å². The Labute approximate surface area is 239 Å². The fraction of sp³-hybridized carbons (Fsp3) is 0.655. The van der Waals surface area contributed by atoms with Crippen molar-refractivity contribution in [2.75, 3.05) is 26.4 Å². The van der Waals surface area contributed by atoms with Gasteiger partial charge in [-0.25, -0.2) is 4.57 Å². The molecule has 40 heavy (non-hydrogen) atoms. The number of phosphoric acid groups is 1. The predicted octanol–water partition coefficient (Wildman–Crippen LogP) is 5.48. The van der Waals surface area contributed by atoms with Crippen molar-refractivity contribution < 1.29 is 47.8 Å². The van der Waals surface area contributed by atoms with Gasteiger partial charge in [0.25, 0.3) is 0 Å². The Balaban J connectivity index is 4.22. The topological polar surface area (TPSA) is 149 Å². The molecule has 3 atom stereocenters. The highest BCUT2D eigenvalue weighted by atomic mass is 31.2. The van der Waals surface area contributed by atoms with Crippen LogP contribution in [0, 0.1) is 0 Å². The average molecular weight is 589 g/mol. The first-order valence-corrected chi connectivity index (χ1v) is 15.6. The maximum Gasteiger partial charge on any atom is 0.472 e. The third-order valence-electron chi connectivity index (χ3n) is 5.32. The molecule has 0 aromatic rings. The predicted molar refractivity (Wildman–Crippen MR) is 154 cm³/mol. The van der Waals surface area contributed by atoms with Gasteiger partial charge in [0.1, 0.15) is 12.2 Å². The molecule has 3 N–H and O–H groups in total. The molecule has 0 aliphatic heterocycles. The minimum absolute atomic E-state index is 0.0695. The molecule has 11 heteroatoms. The van der Waals surface area contributed by atoms with Crippen LogP contribution in [-0.2, 0) is 32.7 Å². The van der Waals surface area contributed by atoms with Gasteiger partial charge in [0.2, 0.25) is 0 Å². The van der Waals surface area contributed by atoms with E-state index >= 15 is 0 Å². The summed E-state index contributed by atoms with van der Waals surface area (Å²) in [4.78, 5) is 33.7. The van der Waals surface area contributed by atoms with Crippen LogP contribution in [0.5, 0.6) is 0 Å². The Hall–Kier alpha value is -2.07. The van der Waals surface area contributed by atoms with E-state index in [2.05, 4.69) is 37.3 Å². The number of allylic oxidation sites excluding steroid dienone is 8. The number of phosphoric ester groups is 1. The molecule has 0 aromatic heterocycles. The summed E-state index contributed by atoms with van der Waals surface area (Å²) in [7, 11) is -4.62. The monoisotopic (exact) mass is 588 g/mol. The second kappa shape index (κ2) is 25.9. The number of aliphatic hydroxyl groups is 2. The van der Waals surface area contributed by atoms with E-state index in [0.29, 0.717) is 12.8 Å². The lowest BCUT2D eigenvalue weighted by atomic mass is 10.1. The number of hydrogen-bond acceptors (Lipinski definition) is 9. The summed E-state index contributed by atoms with van der Waals surface area (Å²) in [5.41, 5.74) is 0. The molecule has 0 heterocycles. The van der Waals surface area contributed by atoms with Crippen LogP contribution in [-0.4, -0.2) is 65.7 Å². The molecule has 0 amide bonds. The minimum atomic E-state index is -4.62. The molecular formula is C29H49O10P. The third kappa shape index (κ3) is 23.8. The normalized spacial score (nSPS) is 15.2. The fourth-order valence-electron chi connectivity index (χ4n) is 3.12. The smallest absolute Gasteiger partial charge is 0.457 e. The van der Waals surface area contributed by atoms with Crippen LogP contribution in [0.3, 0.4) is 0 Å². The maximum atomic E-state index is 12.1. The van der Waals surface area contributed by atoms with E-state index in [9.17, 15) is 29.3 Å². The van der Waals surface area contributed by atoms with Gasteiger partial charge in [0.05, 0.1) is 26.4 Å². The molecule has 0 radical (unpaired) electrons. The number of esters is 2. The zero-order valence-electron chi connectivity index (χ0n) is 24.0. The molecule has 10 nitrogen and oxygen atoms in total. The van der Waals surface area contributed by atoms with Gasteiger partial charge >= 0.3 is 19.8 Å². The first-order valence-electron chi connectivity index (χ1n) is 14.1. The highest BCUT2D eigenvalue weighted by Crippen LogP contribution is 2.43. The second-order valence-electron chi connectivity index (χ2n) is 9.00. The van der Waals surface area contributed by atoms with E-state index in [1.165, 1.54) is 0 Å². The van der Waals surface area contributed by atoms with Crippen LogP contribution in [0.4, 0.5) is 0 Å². The molecule has 3 unspecified atom stereocenters. The number of ether oxygens (including phenoxy) is 2. The van der Waals surface area contributed by atoms with E-state index in [4.69, 9.17) is 18.5 Å². The van der Waals surface area contributed by atoms with Crippen LogP contribution < -0.4 is 0 Å². The molecule has 0 rings (SSSR count). The standard InChI is InChI=1S/C29H49O10P/c1-3-5-7-9-10-11-12-13-14-15-16-17-19-21-29(33)39-27(23-31)25-37-40(34,35)36-24-26(22-30)38-28(32)20-18-8-6-4-2/h5,7,10-11,13-14,16-17,26-27,30-31H,3-4,6,8-9,12,15,18-25H2,1-2H3,(H,34,35)/b7-5-,11-10-,14-13-,17-16-. The van der Waals surface area contributed by atoms with Gasteiger partial charge in [-0.15, -0.1) is 0 Å². The molecular weight excluding hydrogens is 539 g/mol. The van der Waals surface area contributed by atoms with Crippen LogP contribution in [0.15, 0.2) is 48.6 Å². The lowest BCUT2D eigenvalue weighted by Crippen LogP contribution is -2.28. The number of carbonyl (C=O) groups excluding carboxylic acids is 2. The number of hydrogen-bond donors (Lipinski definition) is 3. The summed E-state index contributed by atoms with van der Waals surface area (Å²) in [6.07, 6.45) is 22.0. The van der Waals surface area contributed by atoms with E-state index in [-0.39, 0.29) is 12.8 Å². The molecule has 0 aliphatic rings. The quantitative estimate of drug-likeness (QED) is 0.0541. The van der Waals surface area contributed by atoms with E-state index < -0.39 is 58.4 Å². The first kappa shape index (κ1) is 37.9. The SMILES string of the molecule is CC/C=C\C/C=C\C/C=C\C/C=C\CCC(=O)OC(CO)COP(=O)(O)OCC(CO)OC(=O)CCCCCC. The Morgan fingerprint density at radius 2 is 1.18 bits per heavy atom. The van der Waals surface area contributed by atoms with Crippen molar-refractivity contribution in [3.63, 3.8) is 0 Å². The molecule has 0 bridgehead atoms. The largest absolute Gasteiger partial charge is 0.472 e. The van der Waals surface area contributed by atoms with Crippen molar-refractivity contribution in [3.8, 4) is 0 Å². The van der Waals surface area contributed by atoms with Gasteiger partial charge in [-0.3, -0.25) is 18.6 Å².